The zero-order chi connectivity index (χ0) is 46.7. The third-order valence-corrected chi connectivity index (χ3v) is 13.4. The second kappa shape index (κ2) is 15.4. The summed E-state index contributed by atoms with van der Waals surface area (Å²) >= 11 is 6.63. The molecule has 65 heavy (non-hydrogen) atoms. The van der Waals surface area contributed by atoms with Gasteiger partial charge >= 0.3 is 0 Å². The van der Waals surface area contributed by atoms with Crippen LogP contribution < -0.4 is 15.6 Å². The summed E-state index contributed by atoms with van der Waals surface area (Å²) < 4.78 is 143. The SMILES string of the molecule is Cn1nc(NS(C)(=O)=O)c2c(Cl)ccc(-n3c([C@H](Cc4cc(F)cc(F)c4)NC(=O)Cn4nc(C(F)F)c5c4C(F)(F)[C@@H]4C[C@H]54)nc4cc(-c5ccc(S(C)(=O)=O)cc5)ccc4c3=O)c21. The number of aromatic nitrogens is 6. The number of benzene rings is 4. The molecule has 0 saturated heterocycles. The minimum atomic E-state index is -3.94. The minimum absolute atomic E-state index is 0.00216. The van der Waals surface area contributed by atoms with Crippen LogP contribution in [0.3, 0.4) is 0 Å². The van der Waals surface area contributed by atoms with E-state index in [1.165, 1.54) is 60.3 Å². The Morgan fingerprint density at radius 3 is 2.26 bits per heavy atom. The molecular weight excluding hydrogens is 926 g/mol. The molecule has 338 valence electrons. The number of rotatable bonds is 12. The van der Waals surface area contributed by atoms with Crippen molar-refractivity contribution in [1.82, 2.24) is 34.4 Å². The number of nitrogens with zero attached hydrogens (tertiary/aromatic N) is 6. The molecule has 1 saturated carbocycles. The van der Waals surface area contributed by atoms with Crippen molar-refractivity contribution in [3.8, 4) is 16.8 Å². The number of nitrogens with one attached hydrogen (secondary N) is 2. The fraction of sp³-hybridized carbons (Fsp3) is 0.262. The van der Waals surface area contributed by atoms with Crippen molar-refractivity contribution in [3.05, 3.63) is 128 Å². The van der Waals surface area contributed by atoms with Crippen molar-refractivity contribution in [2.45, 2.75) is 48.6 Å². The molecule has 3 aromatic heterocycles. The Morgan fingerprint density at radius 1 is 0.938 bits per heavy atom. The maximum Gasteiger partial charge on any atom is 0.293 e. The lowest BCUT2D eigenvalue weighted by Crippen LogP contribution is -2.38. The van der Waals surface area contributed by atoms with Crippen LogP contribution in [0.1, 0.15) is 53.1 Å². The summed E-state index contributed by atoms with van der Waals surface area (Å²) in [5.74, 6) is -9.28. The maximum absolute atomic E-state index is 15.6. The summed E-state index contributed by atoms with van der Waals surface area (Å²) in [6, 6.07) is 14.0. The highest BCUT2D eigenvalue weighted by atomic mass is 35.5. The van der Waals surface area contributed by atoms with E-state index in [2.05, 4.69) is 20.2 Å². The van der Waals surface area contributed by atoms with Gasteiger partial charge in [0.15, 0.2) is 15.7 Å². The number of sulfone groups is 1. The van der Waals surface area contributed by atoms with Crippen LogP contribution in [0.25, 0.3) is 38.6 Å². The van der Waals surface area contributed by atoms with Crippen molar-refractivity contribution in [2.75, 3.05) is 17.2 Å². The molecule has 3 heterocycles. The molecule has 0 radical (unpaired) electrons. The Balaban J connectivity index is 1.26. The van der Waals surface area contributed by atoms with Crippen molar-refractivity contribution in [3.63, 3.8) is 0 Å². The van der Waals surface area contributed by atoms with Gasteiger partial charge in [-0.15, -0.1) is 0 Å². The first-order valence-electron chi connectivity index (χ1n) is 19.5. The van der Waals surface area contributed by atoms with Crippen LogP contribution in [-0.2, 0) is 50.6 Å². The summed E-state index contributed by atoms with van der Waals surface area (Å²) in [7, 11) is -6.06. The number of hydrogen-bond acceptors (Lipinski definition) is 9. The number of carbonyl (C=O) groups excluding carboxylic acids is 1. The van der Waals surface area contributed by atoms with Gasteiger partial charge in [0.05, 0.1) is 49.7 Å². The number of hydrogen-bond donors (Lipinski definition) is 2. The number of halogens is 7. The Morgan fingerprint density at radius 2 is 1.62 bits per heavy atom. The van der Waals surface area contributed by atoms with Gasteiger partial charge in [0, 0.05) is 37.3 Å². The molecule has 14 nitrogen and oxygen atoms in total. The van der Waals surface area contributed by atoms with Gasteiger partial charge in [-0.25, -0.2) is 39.4 Å². The Labute approximate surface area is 369 Å². The number of alkyl halides is 4. The first-order chi connectivity index (χ1) is 30.5. The highest BCUT2D eigenvalue weighted by molar-refractivity contribution is 7.92. The highest BCUT2D eigenvalue weighted by Gasteiger charge is 2.67. The summed E-state index contributed by atoms with van der Waals surface area (Å²) in [6.07, 6.45) is -1.83. The molecule has 9 rings (SSSR count). The van der Waals surface area contributed by atoms with Crippen LogP contribution in [0, 0.1) is 17.6 Å². The van der Waals surface area contributed by atoms with Crippen molar-refractivity contribution >= 4 is 65.0 Å². The fourth-order valence-electron chi connectivity index (χ4n) is 8.65. The standard InChI is InChI=1S/C42H33ClF6N8O6S2/c1-55-36-31(11-10-28(43)34(36)39(53-55)54-65(3,62)63)57-40(51-29-15-21(6-9-25(29)41(57)59)20-4-7-24(8-5-20)64(2,60)61)30(14-19-12-22(44)16-23(45)13-19)50-32(58)18-56-37-33(35(52-56)38(46)47)26-17-27(26)42(37,48)49/h4-13,15-16,26-27,30,38H,14,17-18H2,1-3H3,(H,50,58)(H,53,54)/t26-,27+,30-/m0/s1. The van der Waals surface area contributed by atoms with Crippen LogP contribution in [0.5, 0.6) is 0 Å². The molecule has 3 atom stereocenters. The van der Waals surface area contributed by atoms with E-state index in [1.54, 1.807) is 6.07 Å². The second-order valence-electron chi connectivity index (χ2n) is 16.1. The normalized spacial score (nSPS) is 17.1. The molecular formula is C42H33ClF6N8O6S2. The van der Waals surface area contributed by atoms with Gasteiger partial charge in [0.2, 0.25) is 15.9 Å². The monoisotopic (exact) mass is 958 g/mol. The van der Waals surface area contributed by atoms with E-state index in [1.807, 2.05) is 0 Å². The van der Waals surface area contributed by atoms with Crippen LogP contribution in [0.15, 0.2) is 82.5 Å². The average molecular weight is 959 g/mol. The second-order valence-corrected chi connectivity index (χ2v) is 20.2. The molecule has 2 aliphatic carbocycles. The first kappa shape index (κ1) is 44.0. The summed E-state index contributed by atoms with van der Waals surface area (Å²) in [6.45, 7) is -1.02. The Kier molecular flexibility index (Phi) is 10.4. The van der Waals surface area contributed by atoms with E-state index in [4.69, 9.17) is 16.6 Å². The zero-order valence-corrected chi connectivity index (χ0v) is 36.3. The van der Waals surface area contributed by atoms with Gasteiger partial charge in [-0.2, -0.15) is 19.0 Å². The number of anilines is 1. The molecule has 2 N–H and O–H groups in total. The topological polar surface area (TPSA) is 180 Å². The molecule has 0 spiro atoms. The van der Waals surface area contributed by atoms with Crippen LogP contribution >= 0.6 is 11.6 Å². The van der Waals surface area contributed by atoms with Crippen LogP contribution in [0.2, 0.25) is 5.02 Å². The third-order valence-electron chi connectivity index (χ3n) is 11.4. The lowest BCUT2D eigenvalue weighted by molar-refractivity contribution is -0.123. The van der Waals surface area contributed by atoms with Crippen molar-refractivity contribution in [1.29, 1.82) is 0 Å². The van der Waals surface area contributed by atoms with Crippen molar-refractivity contribution < 1.29 is 48.0 Å². The van der Waals surface area contributed by atoms with E-state index < -0.39 is 97.5 Å². The van der Waals surface area contributed by atoms with Gasteiger partial charge in [-0.05, 0) is 77.6 Å². The summed E-state index contributed by atoms with van der Waals surface area (Å²) in [5, 5.41) is 10.7. The quantitative estimate of drug-likeness (QED) is 0.121. The molecule has 0 unspecified atom stereocenters. The van der Waals surface area contributed by atoms with Crippen LogP contribution in [-0.4, -0.2) is 64.4 Å². The molecule has 1 fully saturated rings. The number of amides is 1. The highest BCUT2D eigenvalue weighted by Crippen LogP contribution is 2.68. The molecule has 2 aliphatic rings. The van der Waals surface area contributed by atoms with Crippen LogP contribution in [0.4, 0.5) is 32.2 Å². The summed E-state index contributed by atoms with van der Waals surface area (Å²) in [4.78, 5) is 34.1. The Hall–Kier alpha value is -6.26. The van der Waals surface area contributed by atoms with Gasteiger partial charge in [-0.1, -0.05) is 29.8 Å². The largest absolute Gasteiger partial charge is 0.344 e. The van der Waals surface area contributed by atoms with Gasteiger partial charge in [0.25, 0.3) is 17.9 Å². The number of sulfonamides is 1. The molecule has 1 amide bonds. The van der Waals surface area contributed by atoms with Gasteiger partial charge in [-0.3, -0.25) is 28.2 Å². The average Bonchev–Trinajstić information content (AvgIpc) is 3.75. The van der Waals surface area contributed by atoms with Gasteiger partial charge in [0.1, 0.15) is 35.4 Å². The molecule has 23 heteroatoms. The zero-order valence-electron chi connectivity index (χ0n) is 34.0. The predicted octanol–water partition coefficient (Wildman–Crippen LogP) is 7.09. The Bertz CT molecular complexity index is 3430. The van der Waals surface area contributed by atoms with E-state index in [-0.39, 0.29) is 66.6 Å². The van der Waals surface area contributed by atoms with E-state index in [0.717, 1.165) is 29.2 Å². The van der Waals surface area contributed by atoms with E-state index >= 15 is 13.6 Å². The lowest BCUT2D eigenvalue weighted by atomic mass is 10.0. The minimum Gasteiger partial charge on any atom is -0.344 e. The fourth-order valence-corrected chi connectivity index (χ4v) is 10.0. The third kappa shape index (κ3) is 7.90. The predicted molar refractivity (Wildman–Crippen MR) is 227 cm³/mol. The van der Waals surface area contributed by atoms with E-state index in [0.29, 0.717) is 21.9 Å². The van der Waals surface area contributed by atoms with E-state index in [9.17, 15) is 39.2 Å². The first-order valence-corrected chi connectivity index (χ1v) is 23.7. The number of carbonyl (C=O) groups is 1. The molecule has 7 aromatic rings. The number of fused-ring (bicyclic) bond motifs is 5. The molecule has 4 aromatic carbocycles. The lowest BCUT2D eigenvalue weighted by Gasteiger charge is -2.24. The van der Waals surface area contributed by atoms with Crippen molar-refractivity contribution in [2.24, 2.45) is 13.0 Å². The van der Waals surface area contributed by atoms with Gasteiger partial charge < -0.3 is 5.32 Å². The smallest absolute Gasteiger partial charge is 0.293 e. The molecule has 0 aliphatic heterocycles. The maximum atomic E-state index is 15.6. The molecule has 0 bridgehead atoms. The summed E-state index contributed by atoms with van der Waals surface area (Å²) in [5.41, 5.74) is -1.83. The number of aryl methyl sites for hydroxylation is 1.